The van der Waals surface area contributed by atoms with E-state index in [2.05, 4.69) is 9.46 Å². The van der Waals surface area contributed by atoms with Crippen molar-refractivity contribution in [1.29, 1.82) is 0 Å². The minimum absolute atomic E-state index is 0.00983. The fraction of sp³-hybridized carbons (Fsp3) is 0.250. The summed E-state index contributed by atoms with van der Waals surface area (Å²) in [4.78, 5) is 12.0. The molecule has 2 aromatic heterocycles. The van der Waals surface area contributed by atoms with Gasteiger partial charge in [-0.15, -0.1) is 22.7 Å². The lowest BCUT2D eigenvalue weighted by atomic mass is 10.3. The van der Waals surface area contributed by atoms with Crippen LogP contribution < -0.4 is 4.72 Å². The molecule has 0 aliphatic rings. The Labute approximate surface area is 130 Å². The molecule has 0 aromatic carbocycles. The van der Waals surface area contributed by atoms with Crippen molar-refractivity contribution in [2.24, 2.45) is 0 Å². The van der Waals surface area contributed by atoms with Gasteiger partial charge in [-0.3, -0.25) is 0 Å². The highest BCUT2D eigenvalue weighted by Gasteiger charge is 2.25. The van der Waals surface area contributed by atoms with Gasteiger partial charge < -0.3 is 9.84 Å². The Hall–Kier alpha value is -1.26. The number of esters is 1. The van der Waals surface area contributed by atoms with Gasteiger partial charge in [-0.1, -0.05) is 6.07 Å². The third-order valence-corrected chi connectivity index (χ3v) is 6.09. The molecular formula is C12H13NO5S3. The van der Waals surface area contributed by atoms with Crippen LogP contribution in [0.5, 0.6) is 0 Å². The number of rotatable bonds is 6. The smallest absolute Gasteiger partial charge is 0.349 e. The summed E-state index contributed by atoms with van der Waals surface area (Å²) in [5, 5.41) is 13.2. The molecule has 0 spiro atoms. The van der Waals surface area contributed by atoms with Crippen molar-refractivity contribution in [3.8, 4) is 0 Å². The third kappa shape index (κ3) is 3.69. The van der Waals surface area contributed by atoms with Gasteiger partial charge in [0, 0.05) is 11.4 Å². The van der Waals surface area contributed by atoms with E-state index < -0.39 is 22.1 Å². The molecule has 0 unspecified atom stereocenters. The average Bonchev–Trinajstić information content (AvgIpc) is 3.14. The van der Waals surface area contributed by atoms with Gasteiger partial charge in [-0.2, -0.15) is 0 Å². The van der Waals surface area contributed by atoms with Crippen LogP contribution in [0.25, 0.3) is 0 Å². The van der Waals surface area contributed by atoms with Crippen molar-refractivity contribution in [2.75, 3.05) is 13.7 Å². The van der Waals surface area contributed by atoms with Crippen LogP contribution in [0.3, 0.4) is 0 Å². The van der Waals surface area contributed by atoms with Crippen LogP contribution in [0.1, 0.15) is 20.7 Å². The van der Waals surface area contributed by atoms with E-state index in [1.165, 1.54) is 29.9 Å². The fourth-order valence-electron chi connectivity index (χ4n) is 1.60. The second-order valence-corrected chi connectivity index (χ2v) is 7.62. The molecule has 9 heteroatoms. The Morgan fingerprint density at radius 3 is 2.76 bits per heavy atom. The summed E-state index contributed by atoms with van der Waals surface area (Å²) in [6.07, 6.45) is -0.931. The predicted molar refractivity (Wildman–Crippen MR) is 80.1 cm³/mol. The summed E-state index contributed by atoms with van der Waals surface area (Å²) in [5.41, 5.74) is 0. The van der Waals surface area contributed by atoms with Crippen LogP contribution in [0, 0.1) is 0 Å². The monoisotopic (exact) mass is 347 g/mol. The number of ether oxygens (including phenoxy) is 1. The fourth-order valence-corrected chi connectivity index (χ4v) is 4.68. The van der Waals surface area contributed by atoms with E-state index in [0.29, 0.717) is 4.88 Å². The molecule has 0 saturated heterocycles. The Balaban J connectivity index is 2.12. The van der Waals surface area contributed by atoms with E-state index in [4.69, 9.17) is 0 Å². The van der Waals surface area contributed by atoms with Gasteiger partial charge in [0.25, 0.3) is 0 Å². The first kappa shape index (κ1) is 16.1. The number of carbonyl (C=O) groups is 1. The first-order valence-electron chi connectivity index (χ1n) is 5.82. The molecule has 0 fully saturated rings. The van der Waals surface area contributed by atoms with Gasteiger partial charge in [-0.05, 0) is 22.9 Å². The van der Waals surface area contributed by atoms with E-state index in [0.717, 1.165) is 11.3 Å². The van der Waals surface area contributed by atoms with E-state index >= 15 is 0 Å². The summed E-state index contributed by atoms with van der Waals surface area (Å²) >= 11 is 2.32. The first-order valence-corrected chi connectivity index (χ1v) is 9.07. The van der Waals surface area contributed by atoms with Gasteiger partial charge in [0.15, 0.2) is 0 Å². The maximum atomic E-state index is 12.2. The Morgan fingerprint density at radius 2 is 2.14 bits per heavy atom. The minimum Gasteiger partial charge on any atom is -0.465 e. The van der Waals surface area contributed by atoms with Crippen molar-refractivity contribution >= 4 is 38.7 Å². The summed E-state index contributed by atoms with van der Waals surface area (Å²) in [6, 6.07) is 4.82. The third-order valence-electron chi connectivity index (χ3n) is 2.63. The molecule has 1 atom stereocenters. The first-order chi connectivity index (χ1) is 9.95. The number of nitrogens with one attached hydrogen (secondary N) is 1. The van der Waals surface area contributed by atoms with Crippen molar-refractivity contribution in [3.63, 3.8) is 0 Å². The van der Waals surface area contributed by atoms with E-state index in [1.807, 2.05) is 0 Å². The molecular weight excluding hydrogens is 334 g/mol. The van der Waals surface area contributed by atoms with E-state index in [1.54, 1.807) is 17.5 Å². The summed E-state index contributed by atoms with van der Waals surface area (Å²) in [6.45, 7) is -0.167. The van der Waals surface area contributed by atoms with Crippen molar-refractivity contribution < 1.29 is 23.1 Å². The lowest BCUT2D eigenvalue weighted by Crippen LogP contribution is -2.29. The van der Waals surface area contributed by atoms with Crippen LogP contribution >= 0.6 is 22.7 Å². The number of carbonyl (C=O) groups excluding carboxylic acids is 1. The number of aliphatic hydroxyl groups is 1. The molecule has 0 bridgehead atoms. The topological polar surface area (TPSA) is 92.7 Å². The van der Waals surface area contributed by atoms with Crippen LogP contribution in [0.15, 0.2) is 33.9 Å². The molecule has 2 heterocycles. The van der Waals surface area contributed by atoms with Gasteiger partial charge in [-0.25, -0.2) is 17.9 Å². The van der Waals surface area contributed by atoms with Crippen LogP contribution in [-0.4, -0.2) is 33.1 Å². The van der Waals surface area contributed by atoms with Gasteiger partial charge in [0.2, 0.25) is 10.0 Å². The van der Waals surface area contributed by atoms with E-state index in [9.17, 15) is 18.3 Å². The highest BCUT2D eigenvalue weighted by atomic mass is 32.2. The number of sulfonamides is 1. The van der Waals surface area contributed by atoms with Crippen molar-refractivity contribution in [1.82, 2.24) is 4.72 Å². The maximum absolute atomic E-state index is 12.2. The largest absolute Gasteiger partial charge is 0.465 e. The highest BCUT2D eigenvalue weighted by molar-refractivity contribution is 7.89. The van der Waals surface area contributed by atoms with E-state index in [-0.39, 0.29) is 16.3 Å². The quantitative estimate of drug-likeness (QED) is 0.775. The number of methoxy groups -OCH3 is 1. The summed E-state index contributed by atoms with van der Waals surface area (Å²) in [7, 11) is -2.70. The zero-order chi connectivity index (χ0) is 15.5. The van der Waals surface area contributed by atoms with Crippen molar-refractivity contribution in [2.45, 2.75) is 11.0 Å². The maximum Gasteiger partial charge on any atom is 0.349 e. The number of aliphatic hydroxyl groups excluding tert-OH is 1. The molecule has 2 aromatic rings. The molecule has 2 N–H and O–H groups in total. The minimum atomic E-state index is -3.88. The lowest BCUT2D eigenvalue weighted by Gasteiger charge is -2.11. The molecule has 21 heavy (non-hydrogen) atoms. The van der Waals surface area contributed by atoms with Gasteiger partial charge in [0.05, 0.1) is 7.11 Å². The number of thiophene rings is 2. The van der Waals surface area contributed by atoms with Crippen molar-refractivity contribution in [3.05, 3.63) is 38.7 Å². The summed E-state index contributed by atoms with van der Waals surface area (Å²) in [5.74, 6) is -0.704. The second kappa shape index (κ2) is 6.67. The molecule has 0 aliphatic heterocycles. The van der Waals surface area contributed by atoms with Gasteiger partial charge >= 0.3 is 5.97 Å². The lowest BCUT2D eigenvalue weighted by molar-refractivity contribution is 0.0602. The standard InChI is InChI=1S/C12H13NO5S3/c1-18-12(15)11-10(4-6-20-11)21(16,17)13-7-8(14)9-3-2-5-19-9/h2-6,8,13-14H,7H2,1H3/t8-/m1/s1. The molecule has 2 rings (SSSR count). The normalized spacial score (nSPS) is 13.0. The molecule has 0 amide bonds. The molecule has 0 saturated carbocycles. The zero-order valence-electron chi connectivity index (χ0n) is 11.0. The molecule has 114 valence electrons. The highest BCUT2D eigenvalue weighted by Crippen LogP contribution is 2.23. The zero-order valence-corrected chi connectivity index (χ0v) is 13.4. The molecule has 6 nitrogen and oxygen atoms in total. The van der Waals surface area contributed by atoms with Crippen LogP contribution in [-0.2, 0) is 14.8 Å². The Morgan fingerprint density at radius 1 is 1.38 bits per heavy atom. The second-order valence-electron chi connectivity index (χ2n) is 3.99. The Kier molecular flexibility index (Phi) is 5.12. The van der Waals surface area contributed by atoms with Crippen LogP contribution in [0.2, 0.25) is 0 Å². The average molecular weight is 347 g/mol. The predicted octanol–water partition coefficient (Wildman–Crippen LogP) is 1.61. The van der Waals surface area contributed by atoms with Crippen LogP contribution in [0.4, 0.5) is 0 Å². The SMILES string of the molecule is COC(=O)c1sccc1S(=O)(=O)NC[C@@H](O)c1cccs1. The summed E-state index contributed by atoms with van der Waals surface area (Å²) < 4.78 is 31.2. The van der Waals surface area contributed by atoms with Gasteiger partial charge in [0.1, 0.15) is 15.9 Å². The Bertz CT molecular complexity index is 705. The molecule has 0 radical (unpaired) electrons. The molecule has 0 aliphatic carbocycles. The number of hydrogen-bond acceptors (Lipinski definition) is 7. The number of hydrogen-bond donors (Lipinski definition) is 2.